The number of halogens is 3. The average Bonchev–Trinajstić information content (AvgIpc) is 2.51. The normalized spacial score (nSPS) is 16.8. The Labute approximate surface area is 138 Å². The molecule has 1 aliphatic heterocycles. The molecule has 2 rings (SSSR count). The van der Waals surface area contributed by atoms with Crippen LogP contribution in [0.4, 0.5) is 13.2 Å². The number of nitrogens with one attached hydrogen (secondary N) is 1. The zero-order chi connectivity index (χ0) is 17.6. The number of likely N-dealkylation sites (tertiary alicyclic amines) is 1. The van der Waals surface area contributed by atoms with Crippen LogP contribution in [0.2, 0.25) is 0 Å². The van der Waals surface area contributed by atoms with Crippen molar-refractivity contribution >= 4 is 5.91 Å². The van der Waals surface area contributed by atoms with E-state index < -0.39 is 18.0 Å². The van der Waals surface area contributed by atoms with Gasteiger partial charge in [-0.05, 0) is 44.0 Å². The number of hydrogen-bond donors (Lipinski definition) is 2. The molecule has 1 aromatic rings. The number of carbonyl (C=O) groups is 1. The predicted molar refractivity (Wildman–Crippen MR) is 81.8 cm³/mol. The Morgan fingerprint density at radius 1 is 1.33 bits per heavy atom. The second kappa shape index (κ2) is 8.34. The van der Waals surface area contributed by atoms with Crippen LogP contribution < -0.4 is 10.1 Å². The quantitative estimate of drug-likeness (QED) is 0.775. The van der Waals surface area contributed by atoms with Crippen LogP contribution in [0.15, 0.2) is 24.3 Å². The number of aliphatic hydroxyl groups excluding tert-OH is 1. The van der Waals surface area contributed by atoms with Crippen molar-refractivity contribution in [3.05, 3.63) is 29.8 Å². The summed E-state index contributed by atoms with van der Waals surface area (Å²) in [6, 6.07) is 4.99. The SMILES string of the molecule is O=C(NCCCN1CCC(O)CC1)c1cccc(OC(F)(F)F)c1. The molecule has 0 aromatic heterocycles. The first-order valence-corrected chi connectivity index (χ1v) is 7.88. The second-order valence-electron chi connectivity index (χ2n) is 5.76. The van der Waals surface area contributed by atoms with Gasteiger partial charge in [0.25, 0.3) is 5.91 Å². The minimum Gasteiger partial charge on any atom is -0.406 e. The third-order valence-corrected chi connectivity index (χ3v) is 3.82. The second-order valence-corrected chi connectivity index (χ2v) is 5.76. The summed E-state index contributed by atoms with van der Waals surface area (Å²) in [4.78, 5) is 14.2. The Hall–Kier alpha value is -1.80. The third kappa shape index (κ3) is 6.37. The summed E-state index contributed by atoms with van der Waals surface area (Å²) in [5.41, 5.74) is 0.123. The lowest BCUT2D eigenvalue weighted by molar-refractivity contribution is -0.274. The van der Waals surface area contributed by atoms with E-state index >= 15 is 0 Å². The van der Waals surface area contributed by atoms with Crippen molar-refractivity contribution in [1.82, 2.24) is 10.2 Å². The van der Waals surface area contributed by atoms with Crippen LogP contribution in [0.5, 0.6) is 5.75 Å². The molecule has 1 fully saturated rings. The molecule has 0 spiro atoms. The summed E-state index contributed by atoms with van der Waals surface area (Å²) < 4.78 is 40.3. The Morgan fingerprint density at radius 2 is 2.04 bits per heavy atom. The molecule has 2 N–H and O–H groups in total. The van der Waals surface area contributed by atoms with Gasteiger partial charge in [0, 0.05) is 25.2 Å². The van der Waals surface area contributed by atoms with Gasteiger partial charge in [-0.15, -0.1) is 13.2 Å². The summed E-state index contributed by atoms with van der Waals surface area (Å²) >= 11 is 0. The molecular weight excluding hydrogens is 325 g/mol. The number of hydrogen-bond acceptors (Lipinski definition) is 4. The van der Waals surface area contributed by atoms with E-state index in [1.54, 1.807) is 0 Å². The molecule has 134 valence electrons. The molecule has 0 atom stereocenters. The largest absolute Gasteiger partial charge is 0.573 e. The van der Waals surface area contributed by atoms with Crippen molar-refractivity contribution in [2.45, 2.75) is 31.7 Å². The highest BCUT2D eigenvalue weighted by atomic mass is 19.4. The zero-order valence-electron chi connectivity index (χ0n) is 13.2. The molecule has 5 nitrogen and oxygen atoms in total. The first-order chi connectivity index (χ1) is 11.3. The number of nitrogens with zero attached hydrogens (tertiary/aromatic N) is 1. The molecule has 1 aliphatic rings. The zero-order valence-corrected chi connectivity index (χ0v) is 13.2. The van der Waals surface area contributed by atoms with Crippen molar-refractivity contribution < 1.29 is 27.8 Å². The first-order valence-electron chi connectivity index (χ1n) is 7.88. The fraction of sp³-hybridized carbons (Fsp3) is 0.562. The average molecular weight is 346 g/mol. The Morgan fingerprint density at radius 3 is 2.71 bits per heavy atom. The highest BCUT2D eigenvalue weighted by molar-refractivity contribution is 5.94. The number of benzene rings is 1. The maximum atomic E-state index is 12.2. The summed E-state index contributed by atoms with van der Waals surface area (Å²) in [5.74, 6) is -0.848. The highest BCUT2D eigenvalue weighted by Gasteiger charge is 2.31. The maximum Gasteiger partial charge on any atom is 0.573 e. The van der Waals surface area contributed by atoms with Gasteiger partial charge in [0.15, 0.2) is 0 Å². The van der Waals surface area contributed by atoms with E-state index in [9.17, 15) is 23.1 Å². The number of carbonyl (C=O) groups excluding carboxylic acids is 1. The molecule has 0 radical (unpaired) electrons. The summed E-state index contributed by atoms with van der Waals surface area (Å²) in [7, 11) is 0. The minimum atomic E-state index is -4.78. The van der Waals surface area contributed by atoms with Crippen LogP contribution in [-0.2, 0) is 0 Å². The fourth-order valence-corrected chi connectivity index (χ4v) is 2.58. The van der Waals surface area contributed by atoms with E-state index in [2.05, 4.69) is 15.0 Å². The Balaban J connectivity index is 1.73. The Kier molecular flexibility index (Phi) is 6.44. The van der Waals surface area contributed by atoms with E-state index in [0.29, 0.717) is 6.54 Å². The summed E-state index contributed by atoms with van der Waals surface area (Å²) in [6.07, 6.45) is -2.74. The van der Waals surface area contributed by atoms with Gasteiger partial charge in [-0.1, -0.05) is 6.07 Å². The first kappa shape index (κ1) is 18.5. The molecule has 24 heavy (non-hydrogen) atoms. The summed E-state index contributed by atoms with van der Waals surface area (Å²) in [5, 5.41) is 12.1. The number of aliphatic hydroxyl groups is 1. The molecule has 0 aliphatic carbocycles. The van der Waals surface area contributed by atoms with Gasteiger partial charge in [-0.3, -0.25) is 4.79 Å². The lowest BCUT2D eigenvalue weighted by atomic mass is 10.1. The van der Waals surface area contributed by atoms with Gasteiger partial charge < -0.3 is 20.1 Å². The molecule has 0 bridgehead atoms. The monoisotopic (exact) mass is 346 g/mol. The van der Waals surface area contributed by atoms with Crippen molar-refractivity contribution in [2.24, 2.45) is 0 Å². The van der Waals surface area contributed by atoms with E-state index in [1.807, 2.05) is 0 Å². The van der Waals surface area contributed by atoms with Gasteiger partial charge in [-0.2, -0.15) is 0 Å². The molecule has 1 heterocycles. The molecular formula is C16H21F3N2O3. The van der Waals surface area contributed by atoms with Gasteiger partial charge in [-0.25, -0.2) is 0 Å². The predicted octanol–water partition coefficient (Wildman–Crippen LogP) is 2.16. The van der Waals surface area contributed by atoms with Gasteiger partial charge in [0.05, 0.1) is 6.10 Å². The van der Waals surface area contributed by atoms with Gasteiger partial charge in [0.1, 0.15) is 5.75 Å². The van der Waals surface area contributed by atoms with E-state index in [-0.39, 0.29) is 11.7 Å². The topological polar surface area (TPSA) is 61.8 Å². The van der Waals surface area contributed by atoms with Crippen LogP contribution in [0, 0.1) is 0 Å². The van der Waals surface area contributed by atoms with Crippen LogP contribution in [0.3, 0.4) is 0 Å². The Bertz CT molecular complexity index is 544. The molecule has 1 saturated heterocycles. The van der Waals surface area contributed by atoms with E-state index in [1.165, 1.54) is 12.1 Å². The van der Waals surface area contributed by atoms with E-state index in [0.717, 1.165) is 51.0 Å². The van der Waals surface area contributed by atoms with Crippen LogP contribution in [0.1, 0.15) is 29.6 Å². The number of piperidine rings is 1. The number of ether oxygens (including phenoxy) is 1. The van der Waals surface area contributed by atoms with Gasteiger partial charge in [0.2, 0.25) is 0 Å². The lowest BCUT2D eigenvalue weighted by Gasteiger charge is -2.29. The smallest absolute Gasteiger partial charge is 0.406 e. The number of amides is 1. The van der Waals surface area contributed by atoms with Crippen LogP contribution in [-0.4, -0.2) is 54.6 Å². The van der Waals surface area contributed by atoms with Crippen LogP contribution >= 0.6 is 0 Å². The lowest BCUT2D eigenvalue weighted by Crippen LogP contribution is -2.37. The molecule has 8 heteroatoms. The minimum absolute atomic E-state index is 0.123. The summed E-state index contributed by atoms with van der Waals surface area (Å²) in [6.45, 7) is 2.92. The maximum absolute atomic E-state index is 12.2. The fourth-order valence-electron chi connectivity index (χ4n) is 2.58. The molecule has 1 aromatic carbocycles. The van der Waals surface area contributed by atoms with Crippen molar-refractivity contribution in [1.29, 1.82) is 0 Å². The van der Waals surface area contributed by atoms with Crippen molar-refractivity contribution in [2.75, 3.05) is 26.2 Å². The molecule has 1 amide bonds. The van der Waals surface area contributed by atoms with Gasteiger partial charge >= 0.3 is 6.36 Å². The standard InChI is InChI=1S/C16H21F3N2O3/c17-16(18,19)24-14-4-1-3-12(11-14)15(23)20-7-2-8-21-9-5-13(22)6-10-21/h1,3-4,11,13,22H,2,5-10H2,(H,20,23). The highest BCUT2D eigenvalue weighted by Crippen LogP contribution is 2.23. The molecule has 0 unspecified atom stereocenters. The number of rotatable bonds is 6. The van der Waals surface area contributed by atoms with Crippen molar-refractivity contribution in [3.63, 3.8) is 0 Å². The van der Waals surface area contributed by atoms with E-state index in [4.69, 9.17) is 0 Å². The van der Waals surface area contributed by atoms with Crippen molar-refractivity contribution in [3.8, 4) is 5.75 Å². The third-order valence-electron chi connectivity index (χ3n) is 3.82. The number of alkyl halides is 3. The molecule has 0 saturated carbocycles. The van der Waals surface area contributed by atoms with Crippen LogP contribution in [0.25, 0.3) is 0 Å².